The molecule has 2 aromatic carbocycles. The van der Waals surface area contributed by atoms with Crippen LogP contribution in [0.1, 0.15) is 16.7 Å². The molecule has 1 aliphatic rings. The van der Waals surface area contributed by atoms with Gasteiger partial charge in [0.25, 0.3) is 0 Å². The minimum Gasteiger partial charge on any atom is -0.454 e. The molecule has 0 saturated carbocycles. The van der Waals surface area contributed by atoms with Crippen LogP contribution in [0, 0.1) is 5.82 Å². The summed E-state index contributed by atoms with van der Waals surface area (Å²) in [6.07, 6.45) is -1.62. The van der Waals surface area contributed by atoms with Gasteiger partial charge in [0.1, 0.15) is 5.82 Å². The van der Waals surface area contributed by atoms with Gasteiger partial charge in [-0.3, -0.25) is 4.90 Å². The van der Waals surface area contributed by atoms with Crippen LogP contribution in [0.5, 0.6) is 11.5 Å². The van der Waals surface area contributed by atoms with Crippen molar-refractivity contribution in [2.75, 3.05) is 20.4 Å². The van der Waals surface area contributed by atoms with Crippen LogP contribution in [0.2, 0.25) is 0 Å². The fraction of sp³-hybridized carbons (Fsp3) is 0.263. The molecule has 0 unspecified atom stereocenters. The van der Waals surface area contributed by atoms with Crippen molar-refractivity contribution in [3.8, 4) is 11.5 Å². The molecular weight excluding hydrogens is 386 g/mol. The number of fused-ring (bicyclic) bond motifs is 1. The Hall–Kier alpha value is -2.25. The van der Waals surface area contributed by atoms with Crippen molar-refractivity contribution in [1.29, 1.82) is 0 Å². The zero-order valence-corrected chi connectivity index (χ0v) is 15.2. The summed E-state index contributed by atoms with van der Waals surface area (Å²) < 4.78 is 62.6. The highest BCUT2D eigenvalue weighted by Gasteiger charge is 2.33. The van der Waals surface area contributed by atoms with Crippen molar-refractivity contribution in [3.05, 3.63) is 65.0 Å². The first-order chi connectivity index (χ1) is 12.3. The summed E-state index contributed by atoms with van der Waals surface area (Å²) >= 11 is 0. The molecule has 3 nitrogen and oxygen atoms in total. The standard InChI is InChI=1S/C19H17F4NO2.ClH/c1-24(11-13-4-7-17-18(9-13)26-12-25-17)8-2-3-14-5-6-15(20)10-16(14)19(21,22)23;/h2-7,9-10H,8,11-12H2,1H3;1H/b3-2+;. The van der Waals surface area contributed by atoms with E-state index >= 15 is 0 Å². The molecule has 1 aliphatic heterocycles. The molecule has 0 N–H and O–H groups in total. The van der Waals surface area contributed by atoms with Crippen molar-refractivity contribution >= 4 is 18.5 Å². The van der Waals surface area contributed by atoms with E-state index in [9.17, 15) is 17.6 Å². The van der Waals surface area contributed by atoms with Crippen LogP contribution in [-0.2, 0) is 12.7 Å². The summed E-state index contributed by atoms with van der Waals surface area (Å²) in [5.41, 5.74) is -0.0366. The Morgan fingerprint density at radius 1 is 1.07 bits per heavy atom. The minimum absolute atomic E-state index is 0. The lowest BCUT2D eigenvalue weighted by molar-refractivity contribution is -0.137. The highest BCUT2D eigenvalue weighted by molar-refractivity contribution is 5.85. The number of benzene rings is 2. The van der Waals surface area contributed by atoms with Gasteiger partial charge in [0.05, 0.1) is 5.56 Å². The average molecular weight is 404 g/mol. The van der Waals surface area contributed by atoms with E-state index in [4.69, 9.17) is 9.47 Å². The molecule has 0 bridgehead atoms. The third kappa shape index (κ3) is 5.37. The Morgan fingerprint density at radius 3 is 2.56 bits per heavy atom. The quantitative estimate of drug-likeness (QED) is 0.645. The second-order valence-electron chi connectivity index (χ2n) is 6.02. The molecule has 146 valence electrons. The van der Waals surface area contributed by atoms with Gasteiger partial charge in [-0.2, -0.15) is 13.2 Å². The number of nitrogens with zero attached hydrogens (tertiary/aromatic N) is 1. The maximum Gasteiger partial charge on any atom is 0.417 e. The average Bonchev–Trinajstić information content (AvgIpc) is 3.03. The van der Waals surface area contributed by atoms with Crippen molar-refractivity contribution in [2.24, 2.45) is 0 Å². The van der Waals surface area contributed by atoms with E-state index in [-0.39, 0.29) is 24.8 Å². The van der Waals surface area contributed by atoms with E-state index in [1.54, 1.807) is 6.08 Å². The van der Waals surface area contributed by atoms with E-state index in [0.717, 1.165) is 17.7 Å². The summed E-state index contributed by atoms with van der Waals surface area (Å²) in [7, 11) is 1.85. The Bertz CT molecular complexity index is 824. The van der Waals surface area contributed by atoms with Gasteiger partial charge in [-0.15, -0.1) is 12.4 Å². The predicted molar refractivity (Wildman–Crippen MR) is 96.6 cm³/mol. The van der Waals surface area contributed by atoms with Gasteiger partial charge in [-0.05, 0) is 42.4 Å². The summed E-state index contributed by atoms with van der Waals surface area (Å²) in [4.78, 5) is 1.94. The minimum atomic E-state index is -4.60. The first-order valence-electron chi connectivity index (χ1n) is 7.93. The summed E-state index contributed by atoms with van der Waals surface area (Å²) in [6.45, 7) is 1.23. The molecule has 0 spiro atoms. The lowest BCUT2D eigenvalue weighted by Crippen LogP contribution is -2.17. The molecule has 1 heterocycles. The largest absolute Gasteiger partial charge is 0.454 e. The molecule has 2 aromatic rings. The maximum atomic E-state index is 13.1. The molecule has 0 aromatic heterocycles. The van der Waals surface area contributed by atoms with Gasteiger partial charge in [0, 0.05) is 13.1 Å². The zero-order valence-electron chi connectivity index (χ0n) is 14.4. The first-order valence-corrected chi connectivity index (χ1v) is 7.93. The fourth-order valence-corrected chi connectivity index (χ4v) is 2.69. The Balaban J connectivity index is 0.00000261. The van der Waals surface area contributed by atoms with Crippen LogP contribution >= 0.6 is 12.4 Å². The number of hydrogen-bond donors (Lipinski definition) is 0. The molecule has 0 amide bonds. The summed E-state index contributed by atoms with van der Waals surface area (Å²) in [5.74, 6) is 0.481. The monoisotopic (exact) mass is 403 g/mol. The van der Waals surface area contributed by atoms with E-state index in [1.807, 2.05) is 30.1 Å². The molecule has 0 saturated heterocycles. The lowest BCUT2D eigenvalue weighted by Gasteiger charge is -2.15. The van der Waals surface area contributed by atoms with E-state index in [1.165, 1.54) is 6.08 Å². The van der Waals surface area contributed by atoms with Gasteiger partial charge in [-0.25, -0.2) is 4.39 Å². The van der Waals surface area contributed by atoms with Crippen LogP contribution in [0.3, 0.4) is 0 Å². The van der Waals surface area contributed by atoms with Crippen molar-refractivity contribution in [2.45, 2.75) is 12.7 Å². The second kappa shape index (κ2) is 8.63. The topological polar surface area (TPSA) is 21.7 Å². The number of rotatable bonds is 5. The van der Waals surface area contributed by atoms with Crippen LogP contribution in [-0.4, -0.2) is 25.3 Å². The highest BCUT2D eigenvalue weighted by Crippen LogP contribution is 2.34. The Kier molecular flexibility index (Phi) is 6.73. The number of halogens is 5. The lowest BCUT2D eigenvalue weighted by atomic mass is 10.1. The molecule has 0 fully saturated rings. The summed E-state index contributed by atoms with van der Waals surface area (Å²) in [6, 6.07) is 8.28. The smallest absolute Gasteiger partial charge is 0.417 e. The SMILES string of the molecule is CN(C/C=C/c1ccc(F)cc1C(F)(F)F)Cc1ccc2c(c1)OCO2.Cl. The molecule has 0 atom stereocenters. The van der Waals surface area contributed by atoms with E-state index in [2.05, 4.69) is 0 Å². The Morgan fingerprint density at radius 2 is 1.81 bits per heavy atom. The van der Waals surface area contributed by atoms with E-state index < -0.39 is 17.6 Å². The highest BCUT2D eigenvalue weighted by atomic mass is 35.5. The van der Waals surface area contributed by atoms with Crippen molar-refractivity contribution < 1.29 is 27.0 Å². The van der Waals surface area contributed by atoms with Crippen molar-refractivity contribution in [1.82, 2.24) is 4.90 Å². The van der Waals surface area contributed by atoms with Crippen LogP contribution in [0.25, 0.3) is 6.08 Å². The van der Waals surface area contributed by atoms with Crippen LogP contribution in [0.15, 0.2) is 42.5 Å². The molecule has 0 radical (unpaired) electrons. The van der Waals surface area contributed by atoms with Gasteiger partial charge in [0.15, 0.2) is 11.5 Å². The molecule has 8 heteroatoms. The van der Waals surface area contributed by atoms with Crippen molar-refractivity contribution in [3.63, 3.8) is 0 Å². The van der Waals surface area contributed by atoms with Gasteiger partial charge >= 0.3 is 6.18 Å². The third-order valence-electron chi connectivity index (χ3n) is 3.92. The molecule has 0 aliphatic carbocycles. The van der Waals surface area contributed by atoms with Gasteiger partial charge < -0.3 is 9.47 Å². The number of alkyl halides is 3. The maximum absolute atomic E-state index is 13.1. The molecule has 3 rings (SSSR count). The fourth-order valence-electron chi connectivity index (χ4n) is 2.69. The third-order valence-corrected chi connectivity index (χ3v) is 3.92. The predicted octanol–water partition coefficient (Wildman–Crippen LogP) is 5.14. The van der Waals surface area contributed by atoms with Gasteiger partial charge in [-0.1, -0.05) is 24.3 Å². The Labute approximate surface area is 160 Å². The number of hydrogen-bond acceptors (Lipinski definition) is 3. The van der Waals surface area contributed by atoms with E-state index in [0.29, 0.717) is 30.7 Å². The summed E-state index contributed by atoms with van der Waals surface area (Å²) in [5, 5.41) is 0. The number of ether oxygens (including phenoxy) is 2. The normalized spacial score (nSPS) is 13.3. The second-order valence-corrected chi connectivity index (χ2v) is 6.02. The zero-order chi connectivity index (χ0) is 18.7. The van der Waals surface area contributed by atoms with Crippen LogP contribution < -0.4 is 9.47 Å². The number of likely N-dealkylation sites (N-methyl/N-ethyl adjacent to an activating group) is 1. The van der Waals surface area contributed by atoms with Crippen LogP contribution in [0.4, 0.5) is 17.6 Å². The van der Waals surface area contributed by atoms with Gasteiger partial charge in [0.2, 0.25) is 6.79 Å². The molecular formula is C19H18ClF4NO2. The first kappa shape index (κ1) is 21.1. The molecule has 27 heavy (non-hydrogen) atoms.